The van der Waals surface area contributed by atoms with Gasteiger partial charge in [-0.3, -0.25) is 4.79 Å². The van der Waals surface area contributed by atoms with Crippen molar-refractivity contribution in [2.75, 3.05) is 5.32 Å². The Kier molecular flexibility index (Phi) is 4.04. The van der Waals surface area contributed by atoms with E-state index in [0.29, 0.717) is 27.2 Å². The van der Waals surface area contributed by atoms with Crippen LogP contribution in [0.15, 0.2) is 49.1 Å². The predicted octanol–water partition coefficient (Wildman–Crippen LogP) is 3.22. The molecule has 6 nitrogen and oxygen atoms in total. The number of nitrogens with one attached hydrogen (secondary N) is 1. The van der Waals surface area contributed by atoms with Gasteiger partial charge in [0, 0.05) is 34.1 Å². The van der Waals surface area contributed by atoms with Gasteiger partial charge in [0.05, 0.1) is 0 Å². The molecule has 1 aromatic carbocycles. The molecule has 0 atom stereocenters. The van der Waals surface area contributed by atoms with E-state index in [1.165, 1.54) is 18.5 Å². The van der Waals surface area contributed by atoms with Gasteiger partial charge in [0.1, 0.15) is 12.1 Å². The van der Waals surface area contributed by atoms with Gasteiger partial charge in [0.2, 0.25) is 0 Å². The van der Waals surface area contributed by atoms with E-state index in [1.54, 1.807) is 35.3 Å². The van der Waals surface area contributed by atoms with Crippen LogP contribution in [0, 0.1) is 0 Å². The van der Waals surface area contributed by atoms with Crippen molar-refractivity contribution >= 4 is 34.9 Å². The molecule has 110 valence electrons. The van der Waals surface area contributed by atoms with Crippen LogP contribution in [0.3, 0.4) is 0 Å². The molecule has 3 rings (SSSR count). The summed E-state index contributed by atoms with van der Waals surface area (Å²) >= 11 is 11.8. The molecule has 0 radical (unpaired) electrons. The van der Waals surface area contributed by atoms with Crippen LogP contribution in [0.2, 0.25) is 10.0 Å². The lowest BCUT2D eigenvalue weighted by Gasteiger charge is -2.07. The number of hydrogen-bond donors (Lipinski definition) is 1. The molecular weight excluding hydrogens is 325 g/mol. The largest absolute Gasteiger partial charge is 0.306 e. The Morgan fingerprint density at radius 3 is 2.55 bits per heavy atom. The Morgan fingerprint density at radius 1 is 1.09 bits per heavy atom. The Labute approximate surface area is 135 Å². The van der Waals surface area contributed by atoms with Crippen molar-refractivity contribution in [2.45, 2.75) is 0 Å². The maximum Gasteiger partial charge on any atom is 0.256 e. The molecule has 0 unspecified atom stereocenters. The van der Waals surface area contributed by atoms with Crippen LogP contribution >= 0.6 is 23.2 Å². The minimum Gasteiger partial charge on any atom is -0.306 e. The summed E-state index contributed by atoms with van der Waals surface area (Å²) in [6, 6.07) is 7.99. The lowest BCUT2D eigenvalue weighted by Crippen LogP contribution is -2.13. The molecule has 0 spiro atoms. The van der Waals surface area contributed by atoms with Gasteiger partial charge >= 0.3 is 0 Å². The van der Waals surface area contributed by atoms with E-state index >= 15 is 0 Å². The Balaban J connectivity index is 1.84. The number of hydrogen-bond acceptors (Lipinski definition) is 4. The summed E-state index contributed by atoms with van der Waals surface area (Å²) in [6.07, 6.45) is 4.72. The molecule has 1 amide bonds. The summed E-state index contributed by atoms with van der Waals surface area (Å²) < 4.78 is 1.56. The molecule has 0 aliphatic carbocycles. The molecule has 2 heterocycles. The van der Waals surface area contributed by atoms with Gasteiger partial charge in [-0.15, -0.1) is 0 Å². The fourth-order valence-corrected chi connectivity index (χ4v) is 2.34. The summed E-state index contributed by atoms with van der Waals surface area (Å²) in [5, 5.41) is 7.51. The zero-order chi connectivity index (χ0) is 15.5. The smallest absolute Gasteiger partial charge is 0.256 e. The van der Waals surface area contributed by atoms with E-state index in [1.807, 2.05) is 0 Å². The van der Waals surface area contributed by atoms with Crippen molar-refractivity contribution in [1.82, 2.24) is 19.7 Å². The van der Waals surface area contributed by atoms with Gasteiger partial charge in [0.25, 0.3) is 5.91 Å². The lowest BCUT2D eigenvalue weighted by atomic mass is 10.2. The third-order valence-corrected chi connectivity index (χ3v) is 3.19. The summed E-state index contributed by atoms with van der Waals surface area (Å²) in [4.78, 5) is 20.3. The minimum absolute atomic E-state index is 0.344. The first-order valence-electron chi connectivity index (χ1n) is 6.21. The van der Waals surface area contributed by atoms with E-state index in [0.717, 1.165) is 0 Å². The molecule has 0 aliphatic rings. The molecule has 3 aromatic rings. The molecule has 0 saturated heterocycles. The zero-order valence-corrected chi connectivity index (χ0v) is 12.6. The van der Waals surface area contributed by atoms with Gasteiger partial charge in [-0.05, 0) is 24.3 Å². The zero-order valence-electron chi connectivity index (χ0n) is 11.1. The highest BCUT2D eigenvalue weighted by Crippen LogP contribution is 2.20. The number of halogens is 2. The van der Waals surface area contributed by atoms with Crippen molar-refractivity contribution in [3.8, 4) is 5.82 Å². The summed E-state index contributed by atoms with van der Waals surface area (Å²) in [6.45, 7) is 0. The summed E-state index contributed by atoms with van der Waals surface area (Å²) in [5.41, 5.74) is 0.344. The number of carbonyl (C=O) groups is 1. The van der Waals surface area contributed by atoms with Crippen LogP contribution < -0.4 is 5.32 Å². The summed E-state index contributed by atoms with van der Waals surface area (Å²) in [7, 11) is 0. The maximum atomic E-state index is 12.2. The second-order valence-electron chi connectivity index (χ2n) is 4.32. The van der Waals surface area contributed by atoms with E-state index in [9.17, 15) is 4.79 Å². The van der Waals surface area contributed by atoms with Crippen molar-refractivity contribution in [2.24, 2.45) is 0 Å². The quantitative estimate of drug-likeness (QED) is 0.798. The number of anilines is 1. The van der Waals surface area contributed by atoms with Crippen LogP contribution in [0.4, 0.5) is 5.82 Å². The summed E-state index contributed by atoms with van der Waals surface area (Å²) in [5.74, 6) is 0.524. The molecule has 0 aliphatic heterocycles. The topological polar surface area (TPSA) is 72.7 Å². The third-order valence-electron chi connectivity index (χ3n) is 2.76. The van der Waals surface area contributed by atoms with Crippen molar-refractivity contribution in [3.05, 3.63) is 64.7 Å². The van der Waals surface area contributed by atoms with Gasteiger partial charge in [-0.25, -0.2) is 14.6 Å². The van der Waals surface area contributed by atoms with Crippen LogP contribution in [0.5, 0.6) is 0 Å². The highest BCUT2D eigenvalue weighted by Gasteiger charge is 2.10. The molecule has 0 fully saturated rings. The number of amides is 1. The number of rotatable bonds is 3. The van der Waals surface area contributed by atoms with Crippen molar-refractivity contribution in [1.29, 1.82) is 0 Å². The van der Waals surface area contributed by atoms with Gasteiger partial charge in [-0.1, -0.05) is 23.2 Å². The molecular formula is C14H9Cl2N5O. The van der Waals surface area contributed by atoms with Gasteiger partial charge in [-0.2, -0.15) is 5.10 Å². The highest BCUT2D eigenvalue weighted by molar-refractivity contribution is 6.35. The lowest BCUT2D eigenvalue weighted by molar-refractivity contribution is 0.102. The number of benzene rings is 1. The second-order valence-corrected chi connectivity index (χ2v) is 5.20. The first kappa shape index (κ1) is 14.5. The van der Waals surface area contributed by atoms with Gasteiger partial charge in [0.15, 0.2) is 5.82 Å². The average molecular weight is 334 g/mol. The normalized spacial score (nSPS) is 10.5. The standard InChI is InChI=1S/C14H9Cl2N5O/c15-10-4-9(5-11(16)6-10)14(22)20-12-7-13(18-8-17-12)21-3-1-2-19-21/h1-8H,(H,17,18,20,22). The van der Waals surface area contributed by atoms with Crippen molar-refractivity contribution < 1.29 is 4.79 Å². The minimum atomic E-state index is -0.366. The third kappa shape index (κ3) is 3.24. The predicted molar refractivity (Wildman–Crippen MR) is 83.6 cm³/mol. The first-order valence-corrected chi connectivity index (χ1v) is 6.97. The number of carbonyl (C=O) groups excluding carboxylic acids is 1. The first-order chi connectivity index (χ1) is 10.6. The van der Waals surface area contributed by atoms with E-state index < -0.39 is 0 Å². The Hall–Kier alpha value is -2.44. The molecule has 1 N–H and O–H groups in total. The SMILES string of the molecule is O=C(Nc1cc(-n2cccn2)ncn1)c1cc(Cl)cc(Cl)c1. The Bertz CT molecular complexity index is 800. The highest BCUT2D eigenvalue weighted by atomic mass is 35.5. The van der Waals surface area contributed by atoms with Gasteiger partial charge < -0.3 is 5.32 Å². The monoisotopic (exact) mass is 333 g/mol. The van der Waals surface area contributed by atoms with E-state index in [4.69, 9.17) is 23.2 Å². The second kappa shape index (κ2) is 6.13. The maximum absolute atomic E-state index is 12.2. The molecule has 0 saturated carbocycles. The molecule has 0 bridgehead atoms. The van der Waals surface area contributed by atoms with Crippen LogP contribution in [-0.4, -0.2) is 25.7 Å². The number of aromatic nitrogens is 4. The van der Waals surface area contributed by atoms with E-state index in [2.05, 4.69) is 20.4 Å². The average Bonchev–Trinajstić information content (AvgIpc) is 3.00. The fourth-order valence-electron chi connectivity index (χ4n) is 1.82. The van der Waals surface area contributed by atoms with Crippen LogP contribution in [0.25, 0.3) is 5.82 Å². The van der Waals surface area contributed by atoms with E-state index in [-0.39, 0.29) is 5.91 Å². The van der Waals surface area contributed by atoms with Crippen LogP contribution in [0.1, 0.15) is 10.4 Å². The number of nitrogens with zero attached hydrogens (tertiary/aromatic N) is 4. The van der Waals surface area contributed by atoms with Crippen LogP contribution in [-0.2, 0) is 0 Å². The molecule has 8 heteroatoms. The molecule has 2 aromatic heterocycles. The Morgan fingerprint density at radius 2 is 1.86 bits per heavy atom. The molecule has 22 heavy (non-hydrogen) atoms. The fraction of sp³-hybridized carbons (Fsp3) is 0. The van der Waals surface area contributed by atoms with Crippen molar-refractivity contribution in [3.63, 3.8) is 0 Å².